The van der Waals surface area contributed by atoms with Crippen molar-refractivity contribution in [3.05, 3.63) is 36.5 Å². The van der Waals surface area contributed by atoms with Crippen LogP contribution < -0.4 is 5.32 Å². The van der Waals surface area contributed by atoms with Crippen LogP contribution in [0.5, 0.6) is 0 Å². The van der Waals surface area contributed by atoms with Gasteiger partial charge in [-0.1, -0.05) is 365 Å². The average Bonchev–Trinajstić information content (AvgIpc) is 0.806. The number of hydrogen-bond acceptors (Lipinski definition) is 13. The lowest BCUT2D eigenvalue weighted by atomic mass is 9.97. The van der Waals surface area contributed by atoms with E-state index in [1.807, 2.05) is 6.08 Å². The Balaban J connectivity index is 1.57. The largest absolute Gasteiger partial charge is 0.394 e. The van der Waals surface area contributed by atoms with Crippen LogP contribution in [-0.2, 0) is 23.7 Å². The molecule has 2 fully saturated rings. The van der Waals surface area contributed by atoms with E-state index in [-0.39, 0.29) is 18.9 Å². The lowest BCUT2D eigenvalue weighted by Crippen LogP contribution is -2.65. The summed E-state index contributed by atoms with van der Waals surface area (Å²) in [4.78, 5) is 13.4. The van der Waals surface area contributed by atoms with Crippen LogP contribution in [-0.4, -0.2) is 140 Å². The molecule has 14 nitrogen and oxygen atoms in total. The number of aliphatic hydroxyl groups is 8. The first kappa shape index (κ1) is 90.3. The van der Waals surface area contributed by atoms with Crippen LogP contribution in [0.1, 0.15) is 386 Å². The Hall–Kier alpha value is -1.79. The molecule has 0 radical (unpaired) electrons. The topological polar surface area (TPSA) is 228 Å². The van der Waals surface area contributed by atoms with Crippen molar-refractivity contribution in [2.75, 3.05) is 19.8 Å². The molecule has 2 rings (SSSR count). The van der Waals surface area contributed by atoms with Crippen LogP contribution in [0.25, 0.3) is 0 Å². The van der Waals surface area contributed by atoms with Crippen molar-refractivity contribution in [1.82, 2.24) is 5.32 Å². The molecule has 0 bridgehead atoms. The van der Waals surface area contributed by atoms with Crippen LogP contribution >= 0.6 is 0 Å². The number of ether oxygens (including phenoxy) is 4. The molecule has 2 heterocycles. The van der Waals surface area contributed by atoms with E-state index in [0.29, 0.717) is 6.42 Å². The van der Waals surface area contributed by atoms with E-state index < -0.39 is 86.8 Å². The SMILES string of the molecule is CCCCCCC/C=C\C/C=C\CCCCCCCCCCCCCCCCCCCCCCCCCCCCCC(=O)NC(COC1OC(CO)C(OC2OC(CO)C(O)C(O)C2O)C(O)C1O)C(O)/C=C/CCCCCCCCCCCCCCCCCCCCCCC. The Labute approximate surface area is 589 Å². The van der Waals surface area contributed by atoms with E-state index in [9.17, 15) is 45.6 Å². The van der Waals surface area contributed by atoms with Crippen LogP contribution in [0.4, 0.5) is 0 Å². The van der Waals surface area contributed by atoms with Crippen molar-refractivity contribution in [1.29, 1.82) is 0 Å². The van der Waals surface area contributed by atoms with Crippen molar-refractivity contribution in [3.63, 3.8) is 0 Å². The second-order valence-corrected chi connectivity index (χ2v) is 29.3. The van der Waals surface area contributed by atoms with Crippen molar-refractivity contribution in [3.8, 4) is 0 Å². The summed E-state index contributed by atoms with van der Waals surface area (Å²) in [6, 6.07) is -0.914. The molecule has 0 aromatic carbocycles. The lowest BCUT2D eigenvalue weighted by Gasteiger charge is -2.46. The summed E-state index contributed by atoms with van der Waals surface area (Å²) in [5.41, 5.74) is 0. The van der Waals surface area contributed by atoms with E-state index in [0.717, 1.165) is 44.9 Å². The summed E-state index contributed by atoms with van der Waals surface area (Å²) in [5, 5.41) is 87.7. The van der Waals surface area contributed by atoms with Crippen molar-refractivity contribution in [2.24, 2.45) is 0 Å². The van der Waals surface area contributed by atoms with Gasteiger partial charge in [0.2, 0.25) is 5.91 Å². The molecule has 2 aliphatic rings. The van der Waals surface area contributed by atoms with Crippen LogP contribution in [0.3, 0.4) is 0 Å². The van der Waals surface area contributed by atoms with E-state index in [4.69, 9.17) is 18.9 Å². The smallest absolute Gasteiger partial charge is 0.220 e. The third-order valence-electron chi connectivity index (χ3n) is 20.3. The molecule has 12 atom stereocenters. The maximum Gasteiger partial charge on any atom is 0.220 e. The Morgan fingerprint density at radius 3 is 1.04 bits per heavy atom. The highest BCUT2D eigenvalue weighted by Crippen LogP contribution is 2.30. The van der Waals surface area contributed by atoms with Gasteiger partial charge in [-0.2, -0.15) is 0 Å². The van der Waals surface area contributed by atoms with Crippen LogP contribution in [0, 0.1) is 0 Å². The van der Waals surface area contributed by atoms with Gasteiger partial charge in [-0.15, -0.1) is 0 Å². The Kier molecular flexibility index (Phi) is 62.5. The number of carbonyl (C=O) groups excluding carboxylic acids is 1. The number of rotatable bonds is 70. The minimum Gasteiger partial charge on any atom is -0.394 e. The normalized spacial score (nSPS) is 22.4. The predicted molar refractivity (Wildman–Crippen MR) is 397 cm³/mol. The summed E-state index contributed by atoms with van der Waals surface area (Å²) in [7, 11) is 0. The molecule has 9 N–H and O–H groups in total. The molecular weight excluding hydrogens is 1210 g/mol. The van der Waals surface area contributed by atoms with Gasteiger partial charge in [0.25, 0.3) is 0 Å². The van der Waals surface area contributed by atoms with Gasteiger partial charge < -0.3 is 65.1 Å². The van der Waals surface area contributed by atoms with Crippen molar-refractivity contribution < 1.29 is 64.6 Å². The molecule has 0 aliphatic carbocycles. The fraction of sp³-hybridized carbons (Fsp3) is 0.915. The van der Waals surface area contributed by atoms with E-state index in [1.54, 1.807) is 6.08 Å². The Morgan fingerprint density at radius 2 is 0.688 bits per heavy atom. The molecule has 14 heteroatoms. The minimum absolute atomic E-state index is 0.230. The van der Waals surface area contributed by atoms with Crippen molar-refractivity contribution in [2.45, 2.75) is 460 Å². The van der Waals surface area contributed by atoms with Gasteiger partial charge in [0.15, 0.2) is 12.6 Å². The monoisotopic (exact) mass is 1360 g/mol. The molecule has 0 aromatic rings. The standard InChI is InChI=1S/C82H155NO13/c1-3-5-7-9-11-13-15-17-19-21-23-25-27-28-29-30-31-32-33-34-35-36-37-38-39-40-41-42-44-46-48-50-52-54-56-58-60-62-64-66-74(87)83-70(69-93-81-79(92)77(90)80(73(68-85)95-81)96-82-78(91)76(89)75(88)72(67-84)94-82)71(86)65-63-61-59-57-55-53-51-49-47-45-43-26-24-22-20-18-16-14-12-10-8-6-4-2/h15,17,21,23,63,65,70-73,75-82,84-86,88-92H,3-14,16,18-20,22,24-62,64,66-69H2,1-2H3,(H,83,87)/b17-15-,23-21-,65-63+. The van der Waals surface area contributed by atoms with Gasteiger partial charge in [0.1, 0.15) is 48.8 Å². The fourth-order valence-electron chi connectivity index (χ4n) is 13.8. The number of amides is 1. The van der Waals surface area contributed by atoms with Crippen LogP contribution in [0.2, 0.25) is 0 Å². The lowest BCUT2D eigenvalue weighted by molar-refractivity contribution is -0.359. The zero-order chi connectivity index (χ0) is 69.4. The second-order valence-electron chi connectivity index (χ2n) is 29.3. The van der Waals surface area contributed by atoms with Crippen LogP contribution in [0.15, 0.2) is 36.5 Å². The van der Waals surface area contributed by atoms with E-state index in [2.05, 4.69) is 43.5 Å². The highest BCUT2D eigenvalue weighted by molar-refractivity contribution is 5.76. The van der Waals surface area contributed by atoms with Gasteiger partial charge in [-0.3, -0.25) is 4.79 Å². The Bertz CT molecular complexity index is 1750. The van der Waals surface area contributed by atoms with Crippen molar-refractivity contribution >= 4 is 5.91 Å². The van der Waals surface area contributed by atoms with Gasteiger partial charge in [-0.25, -0.2) is 0 Å². The third-order valence-corrected chi connectivity index (χ3v) is 20.3. The summed E-state index contributed by atoms with van der Waals surface area (Å²) in [6.45, 7) is 2.85. The number of hydrogen-bond donors (Lipinski definition) is 9. The third kappa shape index (κ3) is 48.9. The van der Waals surface area contributed by atoms with Gasteiger partial charge >= 0.3 is 0 Å². The maximum absolute atomic E-state index is 13.4. The molecule has 2 saturated heterocycles. The Morgan fingerprint density at radius 1 is 0.375 bits per heavy atom. The molecule has 1 amide bonds. The molecule has 0 aromatic heterocycles. The fourth-order valence-corrected chi connectivity index (χ4v) is 13.8. The summed E-state index contributed by atoms with van der Waals surface area (Å²) >= 11 is 0. The number of unbranched alkanes of at least 4 members (excludes halogenated alkanes) is 53. The molecule has 0 saturated carbocycles. The molecular formula is C82H155NO13. The average molecular weight is 1360 g/mol. The van der Waals surface area contributed by atoms with Gasteiger partial charge in [0, 0.05) is 6.42 Å². The van der Waals surface area contributed by atoms with Gasteiger partial charge in [-0.05, 0) is 51.4 Å². The minimum atomic E-state index is -1.79. The molecule has 96 heavy (non-hydrogen) atoms. The summed E-state index contributed by atoms with van der Waals surface area (Å²) in [5.74, 6) is -0.230. The number of allylic oxidation sites excluding steroid dienone is 5. The molecule has 0 spiro atoms. The zero-order valence-corrected chi connectivity index (χ0v) is 62.1. The van der Waals surface area contributed by atoms with Gasteiger partial charge in [0.05, 0.1) is 32.0 Å². The highest BCUT2D eigenvalue weighted by atomic mass is 16.7. The summed E-state index contributed by atoms with van der Waals surface area (Å²) < 4.78 is 22.9. The molecule has 2 aliphatic heterocycles. The zero-order valence-electron chi connectivity index (χ0n) is 62.1. The molecule has 12 unspecified atom stereocenters. The number of carbonyl (C=O) groups is 1. The highest BCUT2D eigenvalue weighted by Gasteiger charge is 2.51. The quantitative estimate of drug-likeness (QED) is 0.0204. The van der Waals surface area contributed by atoms with E-state index >= 15 is 0 Å². The predicted octanol–water partition coefficient (Wildman–Crippen LogP) is 18.8. The number of aliphatic hydroxyl groups excluding tert-OH is 8. The first-order valence-electron chi connectivity index (χ1n) is 41.2. The maximum atomic E-state index is 13.4. The molecule has 566 valence electrons. The second kappa shape index (κ2) is 66.4. The first-order chi connectivity index (χ1) is 47.1. The van der Waals surface area contributed by atoms with E-state index in [1.165, 1.54) is 315 Å². The summed E-state index contributed by atoms with van der Waals surface area (Å²) in [6.07, 6.45) is 71.0. The number of nitrogens with one attached hydrogen (secondary N) is 1. The first-order valence-corrected chi connectivity index (χ1v) is 41.2.